The summed E-state index contributed by atoms with van der Waals surface area (Å²) in [7, 11) is 1.54. The molecule has 5 nitrogen and oxygen atoms in total. The Morgan fingerprint density at radius 1 is 1.56 bits per heavy atom. The quantitative estimate of drug-likeness (QED) is 0.529. The van der Waals surface area contributed by atoms with Crippen LogP contribution >= 0.6 is 0 Å². The van der Waals surface area contributed by atoms with Crippen LogP contribution in [0.2, 0.25) is 0 Å². The zero-order chi connectivity index (χ0) is 11.0. The van der Waals surface area contributed by atoms with E-state index in [0.29, 0.717) is 17.1 Å². The van der Waals surface area contributed by atoms with Gasteiger partial charge in [-0.3, -0.25) is 4.40 Å². The van der Waals surface area contributed by atoms with Crippen LogP contribution in [0.15, 0.2) is 18.3 Å². The van der Waals surface area contributed by atoms with Crippen LogP contribution in [-0.4, -0.2) is 22.5 Å². The Hall–Kier alpha value is -0.404. The van der Waals surface area contributed by atoms with E-state index in [4.69, 9.17) is 4.74 Å². The van der Waals surface area contributed by atoms with Crippen molar-refractivity contribution >= 4 is 11.6 Å². The van der Waals surface area contributed by atoms with E-state index < -0.39 is 5.97 Å². The number of methoxy groups -OCH3 is 1. The Morgan fingerprint density at radius 2 is 2.25 bits per heavy atom. The van der Waals surface area contributed by atoms with Gasteiger partial charge >= 0.3 is 51.4 Å². The number of pyridine rings is 1. The molecular formula is C10H9KN2O3. The first-order valence-electron chi connectivity index (χ1n) is 4.37. The van der Waals surface area contributed by atoms with Crippen LogP contribution in [0, 0.1) is 6.92 Å². The first-order valence-corrected chi connectivity index (χ1v) is 4.37. The van der Waals surface area contributed by atoms with E-state index in [1.54, 1.807) is 32.4 Å². The molecule has 0 radical (unpaired) electrons. The van der Waals surface area contributed by atoms with Gasteiger partial charge in [-0.25, -0.2) is 4.98 Å². The standard InChI is InChI=1S/C10H10N2O3.K/c1-6-9(10(13)14)12-4-3-7(15-2)5-8(12)11-6;/h3-5H,1-2H3,(H,13,14);/q;+1/p-1. The first kappa shape index (κ1) is 13.7. The van der Waals surface area contributed by atoms with Crippen molar-refractivity contribution in [2.24, 2.45) is 0 Å². The van der Waals surface area contributed by atoms with Crippen molar-refractivity contribution < 1.29 is 66.0 Å². The van der Waals surface area contributed by atoms with Crippen LogP contribution in [0.4, 0.5) is 0 Å². The van der Waals surface area contributed by atoms with Crippen molar-refractivity contribution in [2.45, 2.75) is 6.92 Å². The third-order valence-electron chi connectivity index (χ3n) is 2.20. The average Bonchev–Trinajstić information content (AvgIpc) is 2.52. The molecule has 2 rings (SSSR count). The average molecular weight is 244 g/mol. The predicted octanol–water partition coefficient (Wildman–Crippen LogP) is -2.98. The summed E-state index contributed by atoms with van der Waals surface area (Å²) in [4.78, 5) is 15.0. The molecule has 0 atom stereocenters. The summed E-state index contributed by atoms with van der Waals surface area (Å²) in [5.74, 6) is -0.595. The number of hydrogen-bond donors (Lipinski definition) is 0. The molecule has 16 heavy (non-hydrogen) atoms. The molecule has 0 saturated heterocycles. The van der Waals surface area contributed by atoms with E-state index in [-0.39, 0.29) is 57.1 Å². The molecular weight excluding hydrogens is 235 g/mol. The predicted molar refractivity (Wildman–Crippen MR) is 50.8 cm³/mol. The van der Waals surface area contributed by atoms with Crippen molar-refractivity contribution in [1.29, 1.82) is 0 Å². The first-order chi connectivity index (χ1) is 7.13. The van der Waals surface area contributed by atoms with E-state index >= 15 is 0 Å². The zero-order valence-electron chi connectivity index (χ0n) is 9.35. The fourth-order valence-corrected chi connectivity index (χ4v) is 1.52. The molecule has 0 aliphatic heterocycles. The summed E-state index contributed by atoms with van der Waals surface area (Å²) in [5, 5.41) is 10.8. The molecule has 0 saturated carbocycles. The van der Waals surface area contributed by atoms with E-state index in [0.717, 1.165) is 0 Å². The molecule has 0 bridgehead atoms. The number of aromatic nitrogens is 2. The molecule has 2 aromatic heterocycles. The van der Waals surface area contributed by atoms with E-state index in [2.05, 4.69) is 4.98 Å². The fourth-order valence-electron chi connectivity index (χ4n) is 1.52. The molecule has 0 fully saturated rings. The number of carbonyl (C=O) groups excluding carboxylic acids is 1. The number of rotatable bonds is 2. The molecule has 0 aliphatic rings. The fraction of sp³-hybridized carbons (Fsp3) is 0.200. The maximum atomic E-state index is 10.8. The van der Waals surface area contributed by atoms with Crippen molar-refractivity contribution in [2.75, 3.05) is 7.11 Å². The SMILES string of the molecule is COc1ccn2c(C(=O)[O-])c(C)nc2c1.[K+]. The van der Waals surface area contributed by atoms with Crippen molar-refractivity contribution in [3.63, 3.8) is 0 Å². The van der Waals surface area contributed by atoms with Gasteiger partial charge in [0.2, 0.25) is 0 Å². The number of carboxylic acid groups (broad SMARTS) is 1. The summed E-state index contributed by atoms with van der Waals surface area (Å²) in [6.07, 6.45) is 1.60. The van der Waals surface area contributed by atoms with Crippen LogP contribution in [0.25, 0.3) is 5.65 Å². The molecule has 0 unspecified atom stereocenters. The summed E-state index contributed by atoms with van der Waals surface area (Å²) in [5.41, 5.74) is 1.04. The number of aryl methyl sites for hydroxylation is 1. The van der Waals surface area contributed by atoms with Crippen molar-refractivity contribution in [1.82, 2.24) is 9.38 Å². The molecule has 6 heteroatoms. The van der Waals surface area contributed by atoms with Gasteiger partial charge in [0.05, 0.1) is 24.5 Å². The second kappa shape index (κ2) is 5.28. The summed E-state index contributed by atoms with van der Waals surface area (Å²) >= 11 is 0. The number of fused-ring (bicyclic) bond motifs is 1. The molecule has 0 spiro atoms. The molecule has 0 amide bonds. The number of carboxylic acids is 1. The Kier molecular flexibility index (Phi) is 4.51. The van der Waals surface area contributed by atoms with Gasteiger partial charge in [-0.05, 0) is 13.0 Å². The van der Waals surface area contributed by atoms with E-state index in [1.165, 1.54) is 4.40 Å². The Labute approximate surface area is 135 Å². The Bertz CT molecular complexity index is 536. The number of imidazole rings is 1. The maximum Gasteiger partial charge on any atom is 1.00 e. The number of hydrogen-bond acceptors (Lipinski definition) is 4. The molecule has 0 aromatic carbocycles. The number of nitrogens with zero attached hydrogens (tertiary/aromatic N) is 2. The van der Waals surface area contributed by atoms with Gasteiger partial charge in [-0.15, -0.1) is 0 Å². The van der Waals surface area contributed by atoms with Crippen LogP contribution in [0.5, 0.6) is 5.75 Å². The second-order valence-corrected chi connectivity index (χ2v) is 3.13. The third kappa shape index (κ3) is 2.30. The Balaban J connectivity index is 0.00000128. The minimum atomic E-state index is -1.23. The van der Waals surface area contributed by atoms with Crippen LogP contribution in [0.3, 0.4) is 0 Å². The van der Waals surface area contributed by atoms with E-state index in [1.807, 2.05) is 0 Å². The minimum Gasteiger partial charge on any atom is -0.543 e. The van der Waals surface area contributed by atoms with Gasteiger partial charge in [0, 0.05) is 12.3 Å². The number of carbonyl (C=O) groups is 1. The Morgan fingerprint density at radius 3 is 2.81 bits per heavy atom. The van der Waals surface area contributed by atoms with Crippen molar-refractivity contribution in [3.8, 4) is 5.75 Å². The van der Waals surface area contributed by atoms with Gasteiger partial charge in [0.15, 0.2) is 0 Å². The number of aromatic carboxylic acids is 1. The van der Waals surface area contributed by atoms with Crippen LogP contribution < -0.4 is 61.2 Å². The normalized spacial score (nSPS) is 9.88. The van der Waals surface area contributed by atoms with Gasteiger partial charge in [-0.1, -0.05) is 0 Å². The van der Waals surface area contributed by atoms with Gasteiger partial charge in [0.1, 0.15) is 11.4 Å². The van der Waals surface area contributed by atoms with Crippen LogP contribution in [0.1, 0.15) is 16.2 Å². The third-order valence-corrected chi connectivity index (χ3v) is 2.20. The second-order valence-electron chi connectivity index (χ2n) is 3.13. The molecule has 0 N–H and O–H groups in total. The largest absolute Gasteiger partial charge is 1.00 e. The smallest absolute Gasteiger partial charge is 0.543 e. The maximum absolute atomic E-state index is 10.8. The molecule has 2 aromatic rings. The van der Waals surface area contributed by atoms with Gasteiger partial charge in [-0.2, -0.15) is 0 Å². The summed E-state index contributed by atoms with van der Waals surface area (Å²) in [6.45, 7) is 1.63. The molecule has 0 aliphatic carbocycles. The van der Waals surface area contributed by atoms with Gasteiger partial charge < -0.3 is 14.6 Å². The monoisotopic (exact) mass is 244 g/mol. The van der Waals surface area contributed by atoms with Crippen LogP contribution in [-0.2, 0) is 0 Å². The molecule has 2 heterocycles. The summed E-state index contributed by atoms with van der Waals surface area (Å²) in [6, 6.07) is 3.33. The summed E-state index contributed by atoms with van der Waals surface area (Å²) < 4.78 is 6.48. The topological polar surface area (TPSA) is 66.7 Å². The van der Waals surface area contributed by atoms with Gasteiger partial charge in [0.25, 0.3) is 0 Å². The number of ether oxygens (including phenoxy) is 1. The minimum absolute atomic E-state index is 0. The van der Waals surface area contributed by atoms with Crippen molar-refractivity contribution in [3.05, 3.63) is 29.7 Å². The van der Waals surface area contributed by atoms with E-state index in [9.17, 15) is 9.90 Å². The zero-order valence-corrected chi connectivity index (χ0v) is 12.5. The molecule has 78 valence electrons.